The standard InChI is InChI=1S/C9H19N/c1-6-7-9(8(2)3)10(4)5/h9H,2,6-7H2,1,3-5H3. The van der Waals surface area contributed by atoms with Crippen LogP contribution in [0.3, 0.4) is 0 Å². The molecule has 0 heterocycles. The van der Waals surface area contributed by atoms with Crippen LogP contribution in [0.1, 0.15) is 26.7 Å². The van der Waals surface area contributed by atoms with E-state index in [4.69, 9.17) is 0 Å². The van der Waals surface area contributed by atoms with Gasteiger partial charge in [0.05, 0.1) is 0 Å². The maximum absolute atomic E-state index is 3.95. The molecule has 0 aliphatic carbocycles. The summed E-state index contributed by atoms with van der Waals surface area (Å²) in [5.74, 6) is 0. The van der Waals surface area contributed by atoms with Crippen LogP contribution in [0, 0.1) is 0 Å². The SMILES string of the molecule is C=C(C)C(CCC)N(C)C. The smallest absolute Gasteiger partial charge is 0.0296 e. The Labute approximate surface area is 64.7 Å². The van der Waals surface area contributed by atoms with Gasteiger partial charge in [-0.15, -0.1) is 0 Å². The maximum atomic E-state index is 3.95. The van der Waals surface area contributed by atoms with Crippen LogP contribution in [0.2, 0.25) is 0 Å². The average Bonchev–Trinajstić information content (AvgIpc) is 1.81. The third kappa shape index (κ3) is 3.02. The highest BCUT2D eigenvalue weighted by Gasteiger charge is 2.09. The van der Waals surface area contributed by atoms with E-state index in [1.165, 1.54) is 18.4 Å². The van der Waals surface area contributed by atoms with Gasteiger partial charge in [-0.25, -0.2) is 0 Å². The lowest BCUT2D eigenvalue weighted by atomic mass is 10.1. The van der Waals surface area contributed by atoms with Crippen LogP contribution < -0.4 is 0 Å². The largest absolute Gasteiger partial charge is 0.303 e. The second kappa shape index (κ2) is 4.51. The zero-order chi connectivity index (χ0) is 8.15. The lowest BCUT2D eigenvalue weighted by Gasteiger charge is -2.23. The molecule has 1 atom stereocenters. The van der Waals surface area contributed by atoms with Gasteiger partial charge >= 0.3 is 0 Å². The third-order valence-corrected chi connectivity index (χ3v) is 1.75. The van der Waals surface area contributed by atoms with Crippen LogP contribution in [0.5, 0.6) is 0 Å². The van der Waals surface area contributed by atoms with Gasteiger partial charge in [0.15, 0.2) is 0 Å². The molecule has 0 saturated carbocycles. The van der Waals surface area contributed by atoms with Crippen molar-refractivity contribution in [2.75, 3.05) is 14.1 Å². The number of hydrogen-bond donors (Lipinski definition) is 0. The zero-order valence-corrected chi connectivity index (χ0v) is 7.65. The Morgan fingerprint density at radius 1 is 1.50 bits per heavy atom. The summed E-state index contributed by atoms with van der Waals surface area (Å²) in [5, 5.41) is 0. The molecule has 0 aliphatic heterocycles. The van der Waals surface area contributed by atoms with Crippen LogP contribution >= 0.6 is 0 Å². The van der Waals surface area contributed by atoms with Gasteiger partial charge in [0.25, 0.3) is 0 Å². The average molecular weight is 141 g/mol. The van der Waals surface area contributed by atoms with E-state index in [1.54, 1.807) is 0 Å². The van der Waals surface area contributed by atoms with E-state index < -0.39 is 0 Å². The molecule has 0 N–H and O–H groups in total. The molecule has 1 unspecified atom stereocenters. The first-order valence-electron chi connectivity index (χ1n) is 3.91. The summed E-state index contributed by atoms with van der Waals surface area (Å²) in [5.41, 5.74) is 1.27. The van der Waals surface area contributed by atoms with Crippen molar-refractivity contribution in [2.24, 2.45) is 0 Å². The fourth-order valence-electron chi connectivity index (χ4n) is 1.22. The summed E-state index contributed by atoms with van der Waals surface area (Å²) in [6.45, 7) is 8.26. The molecular formula is C9H19N. The molecule has 0 amide bonds. The predicted molar refractivity (Wildman–Crippen MR) is 47.2 cm³/mol. The molecule has 0 saturated heterocycles. The van der Waals surface area contributed by atoms with Gasteiger partial charge in [0, 0.05) is 6.04 Å². The van der Waals surface area contributed by atoms with Crippen molar-refractivity contribution >= 4 is 0 Å². The minimum Gasteiger partial charge on any atom is -0.303 e. The Bertz CT molecular complexity index is 105. The molecule has 0 aromatic carbocycles. The van der Waals surface area contributed by atoms with Gasteiger partial charge in [-0.3, -0.25) is 0 Å². The Morgan fingerprint density at radius 2 is 2.00 bits per heavy atom. The van der Waals surface area contributed by atoms with Crippen LogP contribution in [0.15, 0.2) is 12.2 Å². The van der Waals surface area contributed by atoms with E-state index in [-0.39, 0.29) is 0 Å². The molecular weight excluding hydrogens is 122 g/mol. The zero-order valence-electron chi connectivity index (χ0n) is 7.65. The van der Waals surface area contributed by atoms with Crippen LogP contribution in [-0.2, 0) is 0 Å². The highest BCUT2D eigenvalue weighted by atomic mass is 15.1. The summed E-state index contributed by atoms with van der Waals surface area (Å²) >= 11 is 0. The van der Waals surface area contributed by atoms with Crippen molar-refractivity contribution in [1.29, 1.82) is 0 Å². The second-order valence-corrected chi connectivity index (χ2v) is 3.11. The Kier molecular flexibility index (Phi) is 4.37. The summed E-state index contributed by atoms with van der Waals surface area (Å²) in [7, 11) is 4.21. The summed E-state index contributed by atoms with van der Waals surface area (Å²) in [6.07, 6.45) is 2.46. The van der Waals surface area contributed by atoms with E-state index in [2.05, 4.69) is 39.4 Å². The topological polar surface area (TPSA) is 3.24 Å². The minimum atomic E-state index is 0.574. The quantitative estimate of drug-likeness (QED) is 0.543. The lowest BCUT2D eigenvalue weighted by Crippen LogP contribution is -2.28. The molecule has 0 aromatic heterocycles. The molecule has 0 aromatic rings. The Balaban J connectivity index is 3.85. The highest BCUT2D eigenvalue weighted by molar-refractivity contribution is 5.00. The first-order valence-corrected chi connectivity index (χ1v) is 3.91. The maximum Gasteiger partial charge on any atom is 0.0296 e. The molecule has 0 rings (SSSR count). The van der Waals surface area contributed by atoms with Crippen LogP contribution in [-0.4, -0.2) is 25.0 Å². The van der Waals surface area contributed by atoms with Crippen molar-refractivity contribution in [1.82, 2.24) is 4.90 Å². The predicted octanol–water partition coefficient (Wildman–Crippen LogP) is 2.29. The van der Waals surface area contributed by atoms with E-state index >= 15 is 0 Å². The van der Waals surface area contributed by atoms with Crippen molar-refractivity contribution in [2.45, 2.75) is 32.7 Å². The number of nitrogens with zero attached hydrogens (tertiary/aromatic N) is 1. The molecule has 10 heavy (non-hydrogen) atoms. The minimum absolute atomic E-state index is 0.574. The summed E-state index contributed by atoms with van der Waals surface area (Å²) in [6, 6.07) is 0.574. The molecule has 1 heteroatoms. The third-order valence-electron chi connectivity index (χ3n) is 1.75. The van der Waals surface area contributed by atoms with E-state index in [1.807, 2.05) is 0 Å². The van der Waals surface area contributed by atoms with Gasteiger partial charge in [-0.05, 0) is 27.4 Å². The molecule has 0 spiro atoms. The Morgan fingerprint density at radius 3 is 2.10 bits per heavy atom. The van der Waals surface area contributed by atoms with E-state index in [0.29, 0.717) is 6.04 Å². The van der Waals surface area contributed by atoms with E-state index in [0.717, 1.165) is 0 Å². The first kappa shape index (κ1) is 9.70. The van der Waals surface area contributed by atoms with Gasteiger partial charge in [-0.2, -0.15) is 0 Å². The first-order chi connectivity index (χ1) is 4.59. The fraction of sp³-hybridized carbons (Fsp3) is 0.778. The van der Waals surface area contributed by atoms with Gasteiger partial charge < -0.3 is 4.90 Å². The van der Waals surface area contributed by atoms with Crippen molar-refractivity contribution < 1.29 is 0 Å². The van der Waals surface area contributed by atoms with Crippen molar-refractivity contribution in [3.8, 4) is 0 Å². The monoisotopic (exact) mass is 141 g/mol. The molecule has 0 radical (unpaired) electrons. The van der Waals surface area contributed by atoms with Crippen molar-refractivity contribution in [3.05, 3.63) is 12.2 Å². The molecule has 0 aliphatic rings. The van der Waals surface area contributed by atoms with Crippen LogP contribution in [0.25, 0.3) is 0 Å². The van der Waals surface area contributed by atoms with Crippen molar-refractivity contribution in [3.63, 3.8) is 0 Å². The van der Waals surface area contributed by atoms with Crippen LogP contribution in [0.4, 0.5) is 0 Å². The van der Waals surface area contributed by atoms with E-state index in [9.17, 15) is 0 Å². The fourth-order valence-corrected chi connectivity index (χ4v) is 1.22. The normalized spacial score (nSPS) is 13.7. The van der Waals surface area contributed by atoms with Gasteiger partial charge in [0.2, 0.25) is 0 Å². The molecule has 60 valence electrons. The Hall–Kier alpha value is -0.300. The number of likely N-dealkylation sites (N-methyl/N-ethyl adjacent to an activating group) is 1. The lowest BCUT2D eigenvalue weighted by molar-refractivity contribution is 0.313. The number of hydrogen-bond acceptors (Lipinski definition) is 1. The highest BCUT2D eigenvalue weighted by Crippen LogP contribution is 2.10. The van der Waals surface area contributed by atoms with Gasteiger partial charge in [0.1, 0.15) is 0 Å². The van der Waals surface area contributed by atoms with Gasteiger partial charge in [-0.1, -0.05) is 25.5 Å². The second-order valence-electron chi connectivity index (χ2n) is 3.11. The molecule has 0 fully saturated rings. The molecule has 0 bridgehead atoms. The molecule has 1 nitrogen and oxygen atoms in total. The summed E-state index contributed by atoms with van der Waals surface area (Å²) < 4.78 is 0. The summed E-state index contributed by atoms with van der Waals surface area (Å²) in [4.78, 5) is 2.23. The number of rotatable bonds is 4.